The first-order valence-electron chi connectivity index (χ1n) is 7.09. The number of hydrogen-bond donors (Lipinski definition) is 2. The maximum Gasteiger partial charge on any atom is 0.225 e. The molecule has 1 aliphatic rings. The molecule has 4 nitrogen and oxygen atoms in total. The van der Waals surface area contributed by atoms with E-state index >= 15 is 0 Å². The highest BCUT2D eigenvalue weighted by Crippen LogP contribution is 2.24. The molecule has 1 aromatic carbocycles. The zero-order valence-electron chi connectivity index (χ0n) is 11.7. The molecule has 1 aliphatic heterocycles. The van der Waals surface area contributed by atoms with Gasteiger partial charge in [0.25, 0.3) is 0 Å². The van der Waals surface area contributed by atoms with Crippen LogP contribution in [0.5, 0.6) is 0 Å². The largest absolute Gasteiger partial charge is 0.384 e. The molecule has 0 aliphatic carbocycles. The summed E-state index contributed by atoms with van der Waals surface area (Å²) in [5.74, 6) is 0.0948. The van der Waals surface area contributed by atoms with Gasteiger partial charge in [-0.15, -0.1) is 6.58 Å². The molecule has 108 valence electrons. The van der Waals surface area contributed by atoms with Gasteiger partial charge in [0.2, 0.25) is 5.91 Å². The molecule has 0 spiro atoms. The number of nitrogens with one attached hydrogen (secondary N) is 2. The topological polar surface area (TPSA) is 50.4 Å². The summed E-state index contributed by atoms with van der Waals surface area (Å²) in [5.41, 5.74) is 2.35. The van der Waals surface area contributed by atoms with Gasteiger partial charge in [-0.1, -0.05) is 24.3 Å². The van der Waals surface area contributed by atoms with Crippen LogP contribution in [-0.4, -0.2) is 32.2 Å². The van der Waals surface area contributed by atoms with E-state index in [9.17, 15) is 4.79 Å². The fraction of sp³-hybridized carbons (Fsp3) is 0.438. The second-order valence-corrected chi connectivity index (χ2v) is 4.92. The van der Waals surface area contributed by atoms with Gasteiger partial charge in [-0.05, 0) is 24.5 Å². The van der Waals surface area contributed by atoms with Crippen LogP contribution >= 0.6 is 0 Å². The number of fused-ring (bicyclic) bond motifs is 1. The number of anilines is 1. The maximum atomic E-state index is 12.1. The predicted molar refractivity (Wildman–Crippen MR) is 80.8 cm³/mol. The normalized spacial score (nSPS) is 16.9. The Bertz CT molecular complexity index is 460. The van der Waals surface area contributed by atoms with Crippen LogP contribution in [0.15, 0.2) is 36.9 Å². The van der Waals surface area contributed by atoms with Crippen molar-refractivity contribution in [3.63, 3.8) is 0 Å². The molecule has 1 unspecified atom stereocenters. The molecule has 0 saturated heterocycles. The van der Waals surface area contributed by atoms with Crippen molar-refractivity contribution in [1.82, 2.24) is 5.32 Å². The average Bonchev–Trinajstić information content (AvgIpc) is 2.50. The molecular formula is C16H22N2O2. The lowest BCUT2D eigenvalue weighted by molar-refractivity contribution is -0.124. The van der Waals surface area contributed by atoms with Crippen molar-refractivity contribution in [1.29, 1.82) is 0 Å². The van der Waals surface area contributed by atoms with E-state index in [1.807, 2.05) is 18.2 Å². The summed E-state index contributed by atoms with van der Waals surface area (Å²) >= 11 is 0. The molecule has 2 rings (SSSR count). The summed E-state index contributed by atoms with van der Waals surface area (Å²) in [6, 6.07) is 8.14. The quantitative estimate of drug-likeness (QED) is 0.590. The average molecular weight is 274 g/mol. The van der Waals surface area contributed by atoms with Crippen LogP contribution in [0.1, 0.15) is 12.0 Å². The lowest BCUT2D eigenvalue weighted by Gasteiger charge is -2.25. The zero-order chi connectivity index (χ0) is 14.2. The number of amides is 1. The number of para-hydroxylation sites is 1. The minimum atomic E-state index is -0.00178. The fourth-order valence-electron chi connectivity index (χ4n) is 2.29. The van der Waals surface area contributed by atoms with Crippen molar-refractivity contribution in [3.05, 3.63) is 42.5 Å². The van der Waals surface area contributed by atoms with Gasteiger partial charge in [0.15, 0.2) is 0 Å². The molecule has 4 heteroatoms. The standard InChI is InChI=1S/C16H22N2O2/c1-2-3-9-20-10-8-17-16(19)14-11-13-6-4-5-7-15(13)18-12-14/h2,4-7,14,18H,1,3,8-12H2,(H,17,19). The Morgan fingerprint density at radius 1 is 1.45 bits per heavy atom. The van der Waals surface area contributed by atoms with E-state index in [4.69, 9.17) is 4.74 Å². The van der Waals surface area contributed by atoms with Crippen molar-refractivity contribution in [3.8, 4) is 0 Å². The third kappa shape index (κ3) is 4.10. The highest BCUT2D eigenvalue weighted by Gasteiger charge is 2.23. The Kier molecular flexibility index (Phi) is 5.62. The second kappa shape index (κ2) is 7.70. The zero-order valence-corrected chi connectivity index (χ0v) is 11.7. The summed E-state index contributed by atoms with van der Waals surface area (Å²) in [6.45, 7) is 6.10. The highest BCUT2D eigenvalue weighted by molar-refractivity contribution is 5.80. The summed E-state index contributed by atoms with van der Waals surface area (Å²) in [7, 11) is 0. The molecule has 1 amide bonds. The Morgan fingerprint density at radius 2 is 2.30 bits per heavy atom. The lowest BCUT2D eigenvalue weighted by Crippen LogP contribution is -2.39. The molecule has 1 heterocycles. The molecule has 1 aromatic rings. The minimum absolute atomic E-state index is 0.00178. The first-order chi connectivity index (χ1) is 9.81. The first-order valence-corrected chi connectivity index (χ1v) is 7.09. The number of carbonyl (C=O) groups excluding carboxylic acids is 1. The van der Waals surface area contributed by atoms with Gasteiger partial charge < -0.3 is 15.4 Å². The molecule has 0 aromatic heterocycles. The highest BCUT2D eigenvalue weighted by atomic mass is 16.5. The number of rotatable bonds is 7. The monoisotopic (exact) mass is 274 g/mol. The minimum Gasteiger partial charge on any atom is -0.384 e. The van der Waals surface area contributed by atoms with Gasteiger partial charge in [-0.2, -0.15) is 0 Å². The molecule has 0 radical (unpaired) electrons. The van der Waals surface area contributed by atoms with E-state index < -0.39 is 0 Å². The van der Waals surface area contributed by atoms with Crippen LogP contribution in [0.3, 0.4) is 0 Å². The van der Waals surface area contributed by atoms with Crippen LogP contribution in [-0.2, 0) is 16.0 Å². The Hall–Kier alpha value is -1.81. The third-order valence-electron chi connectivity index (χ3n) is 3.41. The van der Waals surface area contributed by atoms with E-state index in [-0.39, 0.29) is 11.8 Å². The van der Waals surface area contributed by atoms with E-state index in [1.165, 1.54) is 5.56 Å². The van der Waals surface area contributed by atoms with Gasteiger partial charge in [-0.3, -0.25) is 4.79 Å². The van der Waals surface area contributed by atoms with Crippen LogP contribution < -0.4 is 10.6 Å². The molecule has 20 heavy (non-hydrogen) atoms. The summed E-state index contributed by atoms with van der Waals surface area (Å²) < 4.78 is 5.37. The smallest absolute Gasteiger partial charge is 0.225 e. The molecule has 1 atom stereocenters. The van der Waals surface area contributed by atoms with Gasteiger partial charge >= 0.3 is 0 Å². The van der Waals surface area contributed by atoms with Crippen LogP contribution in [0.2, 0.25) is 0 Å². The van der Waals surface area contributed by atoms with Crippen LogP contribution in [0.25, 0.3) is 0 Å². The fourth-order valence-corrected chi connectivity index (χ4v) is 2.29. The second-order valence-electron chi connectivity index (χ2n) is 4.92. The summed E-state index contributed by atoms with van der Waals surface area (Å²) in [6.07, 6.45) is 3.47. The number of hydrogen-bond acceptors (Lipinski definition) is 3. The van der Waals surface area contributed by atoms with Gasteiger partial charge in [-0.25, -0.2) is 0 Å². The number of benzene rings is 1. The van der Waals surface area contributed by atoms with Crippen LogP contribution in [0.4, 0.5) is 5.69 Å². The number of carbonyl (C=O) groups is 1. The molecule has 0 saturated carbocycles. The van der Waals surface area contributed by atoms with Gasteiger partial charge in [0, 0.05) is 18.8 Å². The van der Waals surface area contributed by atoms with Crippen molar-refractivity contribution in [2.75, 3.05) is 31.6 Å². The number of ether oxygens (including phenoxy) is 1. The summed E-state index contributed by atoms with van der Waals surface area (Å²) in [4.78, 5) is 12.1. The van der Waals surface area contributed by atoms with Crippen molar-refractivity contribution < 1.29 is 9.53 Å². The van der Waals surface area contributed by atoms with E-state index in [2.05, 4.69) is 29.3 Å². The van der Waals surface area contributed by atoms with Gasteiger partial charge in [0.1, 0.15) is 0 Å². The van der Waals surface area contributed by atoms with E-state index in [1.54, 1.807) is 0 Å². The summed E-state index contributed by atoms with van der Waals surface area (Å²) in [5, 5.41) is 6.24. The SMILES string of the molecule is C=CCCOCCNC(=O)C1CNc2ccccc2C1. The lowest BCUT2D eigenvalue weighted by atomic mass is 9.93. The third-order valence-corrected chi connectivity index (χ3v) is 3.41. The molecular weight excluding hydrogens is 252 g/mol. The van der Waals surface area contributed by atoms with Crippen molar-refractivity contribution >= 4 is 11.6 Å². The van der Waals surface area contributed by atoms with Gasteiger partial charge in [0.05, 0.1) is 19.1 Å². The molecule has 0 bridgehead atoms. The molecule has 2 N–H and O–H groups in total. The van der Waals surface area contributed by atoms with Crippen LogP contribution in [0, 0.1) is 5.92 Å². The van der Waals surface area contributed by atoms with Crippen molar-refractivity contribution in [2.45, 2.75) is 12.8 Å². The molecule has 0 fully saturated rings. The predicted octanol–water partition coefficient (Wildman–Crippen LogP) is 1.98. The van der Waals surface area contributed by atoms with E-state index in [0.717, 1.165) is 18.5 Å². The first kappa shape index (κ1) is 14.6. The Labute approximate surface area is 120 Å². The van der Waals surface area contributed by atoms with Crippen molar-refractivity contribution in [2.24, 2.45) is 5.92 Å². The Morgan fingerprint density at radius 3 is 3.15 bits per heavy atom. The maximum absolute atomic E-state index is 12.1. The van der Waals surface area contributed by atoms with E-state index in [0.29, 0.717) is 26.3 Å². The Balaban J connectivity index is 1.70.